The molecule has 1 aromatic heterocycles. The van der Waals surface area contributed by atoms with Crippen molar-refractivity contribution >= 4 is 5.96 Å². The fourth-order valence-corrected chi connectivity index (χ4v) is 2.57. The van der Waals surface area contributed by atoms with Crippen molar-refractivity contribution in [2.45, 2.75) is 53.0 Å². The van der Waals surface area contributed by atoms with E-state index in [4.69, 9.17) is 4.74 Å². The van der Waals surface area contributed by atoms with E-state index in [1.165, 1.54) is 18.5 Å². The second-order valence-corrected chi connectivity index (χ2v) is 6.56. The van der Waals surface area contributed by atoms with Gasteiger partial charge in [0.05, 0.1) is 5.69 Å². The summed E-state index contributed by atoms with van der Waals surface area (Å²) < 4.78 is 7.71. The highest BCUT2D eigenvalue weighted by atomic mass is 16.5. The van der Waals surface area contributed by atoms with Crippen LogP contribution in [-0.4, -0.2) is 48.6 Å². The van der Waals surface area contributed by atoms with Gasteiger partial charge in [0.2, 0.25) is 0 Å². The van der Waals surface area contributed by atoms with Crippen molar-refractivity contribution in [3.8, 4) is 0 Å². The number of guanidine groups is 1. The van der Waals surface area contributed by atoms with Crippen LogP contribution in [0.25, 0.3) is 0 Å². The first-order valence-electron chi connectivity index (χ1n) is 9.30. The molecule has 6 nitrogen and oxygen atoms in total. The Kier molecular flexibility index (Phi) is 8.08. The van der Waals surface area contributed by atoms with Gasteiger partial charge >= 0.3 is 0 Å². The quantitative estimate of drug-likeness (QED) is 0.370. The molecular formula is C18H33N5O. The molecule has 1 saturated carbocycles. The van der Waals surface area contributed by atoms with Crippen molar-refractivity contribution in [1.29, 1.82) is 0 Å². The molecule has 0 bridgehead atoms. The first kappa shape index (κ1) is 18.8. The standard InChI is InChI=1S/C18H33N5O/c1-4-19-18(21-10-6-12-24-14-17-7-8-17)20-9-5-11-23-16(3)13-15(2)22-23/h13,17H,4-12,14H2,1-3H3,(H2,19,20,21). The highest BCUT2D eigenvalue weighted by Crippen LogP contribution is 2.28. The monoisotopic (exact) mass is 335 g/mol. The molecule has 0 amide bonds. The highest BCUT2D eigenvalue weighted by molar-refractivity contribution is 5.79. The SMILES string of the molecule is CCNC(=NCCCn1nc(C)cc1C)NCCCOCC1CC1. The summed E-state index contributed by atoms with van der Waals surface area (Å²) in [5.74, 6) is 1.74. The summed E-state index contributed by atoms with van der Waals surface area (Å²) in [4.78, 5) is 4.63. The van der Waals surface area contributed by atoms with Gasteiger partial charge in [-0.15, -0.1) is 0 Å². The van der Waals surface area contributed by atoms with Crippen molar-refractivity contribution in [2.75, 3.05) is 32.8 Å². The molecule has 2 N–H and O–H groups in total. The van der Waals surface area contributed by atoms with E-state index in [1.807, 2.05) is 6.92 Å². The maximum Gasteiger partial charge on any atom is 0.191 e. The summed E-state index contributed by atoms with van der Waals surface area (Å²) in [6.45, 7) is 11.5. The van der Waals surface area contributed by atoms with Crippen LogP contribution in [-0.2, 0) is 11.3 Å². The maximum atomic E-state index is 5.65. The Morgan fingerprint density at radius 1 is 1.33 bits per heavy atom. The molecule has 0 spiro atoms. The van der Waals surface area contributed by atoms with Gasteiger partial charge in [-0.2, -0.15) is 5.10 Å². The van der Waals surface area contributed by atoms with Crippen LogP contribution in [0, 0.1) is 19.8 Å². The molecule has 0 unspecified atom stereocenters. The van der Waals surface area contributed by atoms with E-state index in [9.17, 15) is 0 Å². The third kappa shape index (κ3) is 7.34. The normalized spacial score (nSPS) is 14.9. The zero-order valence-corrected chi connectivity index (χ0v) is 15.5. The fourth-order valence-electron chi connectivity index (χ4n) is 2.57. The summed E-state index contributed by atoms with van der Waals surface area (Å²) in [6, 6.07) is 2.11. The van der Waals surface area contributed by atoms with Crippen LogP contribution in [0.3, 0.4) is 0 Å². The minimum atomic E-state index is 0.797. The Hall–Kier alpha value is -1.56. The Morgan fingerprint density at radius 2 is 2.17 bits per heavy atom. The van der Waals surface area contributed by atoms with Crippen LogP contribution in [0.4, 0.5) is 0 Å². The Balaban J connectivity index is 1.59. The summed E-state index contributed by atoms with van der Waals surface area (Å²) in [5, 5.41) is 11.1. The lowest BCUT2D eigenvalue weighted by Crippen LogP contribution is -2.38. The number of ether oxygens (including phenoxy) is 1. The van der Waals surface area contributed by atoms with Gasteiger partial charge in [-0.05, 0) is 58.4 Å². The number of rotatable bonds is 11. The number of nitrogens with zero attached hydrogens (tertiary/aromatic N) is 3. The number of nitrogens with one attached hydrogen (secondary N) is 2. The van der Waals surface area contributed by atoms with Crippen LogP contribution < -0.4 is 10.6 Å². The minimum absolute atomic E-state index is 0.797. The predicted octanol–water partition coefficient (Wildman–Crippen LogP) is 2.26. The second-order valence-electron chi connectivity index (χ2n) is 6.56. The van der Waals surface area contributed by atoms with Crippen LogP contribution >= 0.6 is 0 Å². The molecular weight excluding hydrogens is 302 g/mol. The fraction of sp³-hybridized carbons (Fsp3) is 0.778. The van der Waals surface area contributed by atoms with Gasteiger partial charge in [-0.25, -0.2) is 0 Å². The third-order valence-electron chi connectivity index (χ3n) is 4.05. The van der Waals surface area contributed by atoms with Gasteiger partial charge in [0.1, 0.15) is 0 Å². The van der Waals surface area contributed by atoms with E-state index in [-0.39, 0.29) is 0 Å². The molecule has 1 aromatic rings. The molecule has 0 aromatic carbocycles. The van der Waals surface area contributed by atoms with E-state index in [0.29, 0.717) is 0 Å². The van der Waals surface area contributed by atoms with Crippen LogP contribution in [0.15, 0.2) is 11.1 Å². The van der Waals surface area contributed by atoms with E-state index in [2.05, 4.69) is 45.3 Å². The third-order valence-corrected chi connectivity index (χ3v) is 4.05. The van der Waals surface area contributed by atoms with Crippen molar-refractivity contribution in [3.63, 3.8) is 0 Å². The van der Waals surface area contributed by atoms with E-state index >= 15 is 0 Å². The minimum Gasteiger partial charge on any atom is -0.381 e. The molecule has 0 aliphatic heterocycles. The lowest BCUT2D eigenvalue weighted by molar-refractivity contribution is 0.123. The molecule has 1 aliphatic rings. The lowest BCUT2D eigenvalue weighted by Gasteiger charge is -2.11. The number of aryl methyl sites for hydroxylation is 3. The van der Waals surface area contributed by atoms with Gasteiger partial charge in [0.25, 0.3) is 0 Å². The molecule has 1 fully saturated rings. The van der Waals surface area contributed by atoms with E-state index < -0.39 is 0 Å². The molecule has 1 aliphatic carbocycles. The number of hydrogen-bond donors (Lipinski definition) is 2. The number of aliphatic imine (C=N–C) groups is 1. The van der Waals surface area contributed by atoms with Crippen molar-refractivity contribution < 1.29 is 4.74 Å². The van der Waals surface area contributed by atoms with E-state index in [1.54, 1.807) is 0 Å². The number of aromatic nitrogens is 2. The maximum absolute atomic E-state index is 5.65. The number of hydrogen-bond acceptors (Lipinski definition) is 3. The second kappa shape index (κ2) is 10.3. The van der Waals surface area contributed by atoms with Crippen molar-refractivity contribution in [2.24, 2.45) is 10.9 Å². The van der Waals surface area contributed by atoms with Gasteiger partial charge < -0.3 is 15.4 Å². The molecule has 1 heterocycles. The predicted molar refractivity (Wildman–Crippen MR) is 98.5 cm³/mol. The average Bonchev–Trinajstić information content (AvgIpc) is 3.31. The highest BCUT2D eigenvalue weighted by Gasteiger charge is 2.20. The Labute approximate surface area is 146 Å². The van der Waals surface area contributed by atoms with Gasteiger partial charge in [-0.1, -0.05) is 0 Å². The molecule has 24 heavy (non-hydrogen) atoms. The van der Waals surface area contributed by atoms with Crippen LogP contribution in [0.2, 0.25) is 0 Å². The summed E-state index contributed by atoms with van der Waals surface area (Å²) in [7, 11) is 0. The van der Waals surface area contributed by atoms with Crippen LogP contribution in [0.1, 0.15) is 44.0 Å². The average molecular weight is 335 g/mol. The topological polar surface area (TPSA) is 63.5 Å². The Bertz CT molecular complexity index is 508. The summed E-state index contributed by atoms with van der Waals surface area (Å²) >= 11 is 0. The first-order chi connectivity index (χ1) is 11.7. The molecule has 0 saturated heterocycles. The van der Waals surface area contributed by atoms with E-state index in [0.717, 1.165) is 69.8 Å². The molecule has 0 atom stereocenters. The van der Waals surface area contributed by atoms with Gasteiger partial charge in [0.15, 0.2) is 5.96 Å². The first-order valence-corrected chi connectivity index (χ1v) is 9.30. The lowest BCUT2D eigenvalue weighted by atomic mass is 10.4. The Morgan fingerprint density at radius 3 is 2.83 bits per heavy atom. The molecule has 0 radical (unpaired) electrons. The zero-order valence-electron chi connectivity index (χ0n) is 15.5. The van der Waals surface area contributed by atoms with Gasteiger partial charge in [-0.3, -0.25) is 9.67 Å². The molecule has 2 rings (SSSR count). The van der Waals surface area contributed by atoms with Crippen molar-refractivity contribution in [3.05, 3.63) is 17.5 Å². The zero-order chi connectivity index (χ0) is 17.2. The summed E-state index contributed by atoms with van der Waals surface area (Å²) in [5.41, 5.74) is 2.29. The molecule has 6 heteroatoms. The molecule has 136 valence electrons. The van der Waals surface area contributed by atoms with Gasteiger partial charge in [0, 0.05) is 45.1 Å². The van der Waals surface area contributed by atoms with Crippen molar-refractivity contribution in [1.82, 2.24) is 20.4 Å². The smallest absolute Gasteiger partial charge is 0.191 e. The largest absolute Gasteiger partial charge is 0.381 e. The summed E-state index contributed by atoms with van der Waals surface area (Å²) in [6.07, 6.45) is 4.71. The van der Waals surface area contributed by atoms with Crippen LogP contribution in [0.5, 0.6) is 0 Å².